The summed E-state index contributed by atoms with van der Waals surface area (Å²) < 4.78 is 19.0. The van der Waals surface area contributed by atoms with Gasteiger partial charge in [0.1, 0.15) is 18.2 Å². The molecule has 0 spiro atoms. The van der Waals surface area contributed by atoms with Crippen molar-refractivity contribution in [1.82, 2.24) is 0 Å². The van der Waals surface area contributed by atoms with Gasteiger partial charge in [0, 0.05) is 16.8 Å². The number of aliphatic hydroxyl groups excluding tert-OH is 1. The Bertz CT molecular complexity index is 523. The number of benzene rings is 2. The number of rotatable bonds is 4. The molecule has 0 aromatic heterocycles. The highest BCUT2D eigenvalue weighted by Crippen LogP contribution is 2.22. The van der Waals surface area contributed by atoms with E-state index in [0.29, 0.717) is 22.6 Å². The lowest BCUT2D eigenvalue weighted by Gasteiger charge is -2.11. The number of hydrogen-bond donors (Lipinski definition) is 2. The normalized spacial score (nSPS) is 10.3. The molecule has 2 rings (SSSR count). The number of hydrogen-bond acceptors (Lipinski definition) is 3. The van der Waals surface area contributed by atoms with Gasteiger partial charge in [-0.15, -0.1) is 0 Å². The number of anilines is 1. The second-order valence-corrected chi connectivity index (χ2v) is 3.86. The van der Waals surface area contributed by atoms with Crippen LogP contribution < -0.4 is 10.5 Å². The molecule has 3 N–H and O–H groups in total. The highest BCUT2D eigenvalue weighted by Gasteiger charge is 2.08. The molecule has 0 aliphatic carbocycles. The largest absolute Gasteiger partial charge is 0.488 e. The fourth-order valence-corrected chi connectivity index (χ4v) is 1.65. The molecule has 0 aliphatic rings. The molecule has 0 fully saturated rings. The van der Waals surface area contributed by atoms with Crippen molar-refractivity contribution < 1.29 is 14.2 Å². The van der Waals surface area contributed by atoms with Crippen molar-refractivity contribution in [2.24, 2.45) is 0 Å². The Morgan fingerprint density at radius 2 is 1.89 bits per heavy atom. The molecule has 94 valence electrons. The summed E-state index contributed by atoms with van der Waals surface area (Å²) in [6.07, 6.45) is 0. The first-order valence-electron chi connectivity index (χ1n) is 5.57. The third-order valence-corrected chi connectivity index (χ3v) is 2.67. The van der Waals surface area contributed by atoms with Crippen LogP contribution in [0.3, 0.4) is 0 Å². The van der Waals surface area contributed by atoms with Crippen molar-refractivity contribution in [3.63, 3.8) is 0 Å². The van der Waals surface area contributed by atoms with Crippen molar-refractivity contribution in [3.8, 4) is 5.75 Å². The van der Waals surface area contributed by atoms with Crippen LogP contribution in [0, 0.1) is 5.82 Å². The minimum absolute atomic E-state index is 0.0372. The van der Waals surface area contributed by atoms with Crippen molar-refractivity contribution in [1.29, 1.82) is 0 Å². The molecule has 2 aromatic carbocycles. The van der Waals surface area contributed by atoms with Gasteiger partial charge in [-0.1, -0.05) is 24.3 Å². The molecule has 4 heteroatoms. The molecule has 0 radical (unpaired) electrons. The topological polar surface area (TPSA) is 55.5 Å². The molecule has 0 amide bonds. The second-order valence-electron chi connectivity index (χ2n) is 3.86. The van der Waals surface area contributed by atoms with Gasteiger partial charge >= 0.3 is 0 Å². The van der Waals surface area contributed by atoms with E-state index < -0.39 is 5.82 Å². The summed E-state index contributed by atoms with van der Waals surface area (Å²) in [4.78, 5) is 0. The van der Waals surface area contributed by atoms with E-state index in [9.17, 15) is 4.39 Å². The molecule has 2 aromatic rings. The zero-order valence-electron chi connectivity index (χ0n) is 9.77. The zero-order valence-corrected chi connectivity index (χ0v) is 9.77. The highest BCUT2D eigenvalue weighted by atomic mass is 19.1. The molecule has 0 bridgehead atoms. The van der Waals surface area contributed by atoms with Gasteiger partial charge in [0.15, 0.2) is 0 Å². The minimum atomic E-state index is -0.392. The number of halogens is 1. The van der Waals surface area contributed by atoms with Crippen LogP contribution in [0.25, 0.3) is 0 Å². The van der Waals surface area contributed by atoms with Crippen LogP contribution in [-0.4, -0.2) is 5.11 Å². The second kappa shape index (κ2) is 5.51. The summed E-state index contributed by atoms with van der Waals surface area (Å²) in [5, 5.41) is 9.15. The van der Waals surface area contributed by atoms with Crippen molar-refractivity contribution in [2.75, 3.05) is 5.73 Å². The van der Waals surface area contributed by atoms with Crippen molar-refractivity contribution in [2.45, 2.75) is 13.2 Å². The van der Waals surface area contributed by atoms with Crippen LogP contribution in [0.2, 0.25) is 0 Å². The SMILES string of the molecule is Nc1cccc(F)c1COc1ccccc1CO. The molecular formula is C14H14FNO2. The molecular weight excluding hydrogens is 233 g/mol. The standard InChI is InChI=1S/C14H14FNO2/c15-12-5-3-6-13(16)11(12)9-18-14-7-2-1-4-10(14)8-17/h1-7,17H,8-9,16H2. The van der Waals surface area contributed by atoms with Crippen LogP contribution in [0.1, 0.15) is 11.1 Å². The summed E-state index contributed by atoms with van der Waals surface area (Å²) in [5.41, 5.74) is 7.03. The maximum atomic E-state index is 13.5. The Kier molecular flexibility index (Phi) is 3.79. The third kappa shape index (κ3) is 2.60. The van der Waals surface area contributed by atoms with Crippen LogP contribution in [0.4, 0.5) is 10.1 Å². The first-order valence-corrected chi connectivity index (χ1v) is 5.57. The van der Waals surface area contributed by atoms with Gasteiger partial charge in [-0.05, 0) is 18.2 Å². The predicted molar refractivity (Wildman–Crippen MR) is 67.5 cm³/mol. The van der Waals surface area contributed by atoms with Crippen LogP contribution in [0.5, 0.6) is 5.75 Å². The van der Waals surface area contributed by atoms with Gasteiger partial charge in [-0.3, -0.25) is 0 Å². The Balaban J connectivity index is 2.16. The molecule has 18 heavy (non-hydrogen) atoms. The number of para-hydroxylation sites is 1. The van der Waals surface area contributed by atoms with Crippen LogP contribution in [0.15, 0.2) is 42.5 Å². The number of ether oxygens (including phenoxy) is 1. The molecule has 0 atom stereocenters. The molecule has 0 saturated heterocycles. The van der Waals surface area contributed by atoms with E-state index in [1.54, 1.807) is 36.4 Å². The van der Waals surface area contributed by atoms with E-state index in [1.165, 1.54) is 6.07 Å². The number of nitrogens with two attached hydrogens (primary N) is 1. The van der Waals surface area contributed by atoms with E-state index in [-0.39, 0.29) is 13.2 Å². The van der Waals surface area contributed by atoms with Gasteiger partial charge in [0.25, 0.3) is 0 Å². The molecule has 3 nitrogen and oxygen atoms in total. The summed E-state index contributed by atoms with van der Waals surface area (Å²) in [6.45, 7) is -0.0849. The lowest BCUT2D eigenvalue weighted by atomic mass is 10.2. The predicted octanol–water partition coefficient (Wildman–Crippen LogP) is 2.48. The highest BCUT2D eigenvalue weighted by molar-refractivity contribution is 5.47. The van der Waals surface area contributed by atoms with E-state index >= 15 is 0 Å². The van der Waals surface area contributed by atoms with Crippen LogP contribution >= 0.6 is 0 Å². The maximum Gasteiger partial charge on any atom is 0.131 e. The Hall–Kier alpha value is -2.07. The lowest BCUT2D eigenvalue weighted by Crippen LogP contribution is -2.04. The average molecular weight is 247 g/mol. The lowest BCUT2D eigenvalue weighted by molar-refractivity contribution is 0.257. The van der Waals surface area contributed by atoms with E-state index in [2.05, 4.69) is 0 Å². The van der Waals surface area contributed by atoms with Crippen molar-refractivity contribution >= 4 is 5.69 Å². The van der Waals surface area contributed by atoms with Gasteiger partial charge in [-0.25, -0.2) is 4.39 Å². The summed E-state index contributed by atoms with van der Waals surface area (Å²) >= 11 is 0. The van der Waals surface area contributed by atoms with Gasteiger partial charge < -0.3 is 15.6 Å². The minimum Gasteiger partial charge on any atom is -0.488 e. The summed E-state index contributed by atoms with van der Waals surface area (Å²) in [6, 6.07) is 11.6. The monoisotopic (exact) mass is 247 g/mol. The number of aliphatic hydroxyl groups is 1. The van der Waals surface area contributed by atoms with Crippen molar-refractivity contribution in [3.05, 3.63) is 59.4 Å². The van der Waals surface area contributed by atoms with E-state index in [4.69, 9.17) is 15.6 Å². The summed E-state index contributed by atoms with van der Waals surface area (Å²) in [5.74, 6) is 0.138. The van der Waals surface area contributed by atoms with Crippen LogP contribution in [-0.2, 0) is 13.2 Å². The molecule has 0 heterocycles. The zero-order chi connectivity index (χ0) is 13.0. The van der Waals surface area contributed by atoms with Gasteiger partial charge in [0.2, 0.25) is 0 Å². The first kappa shape index (κ1) is 12.4. The number of nitrogen functional groups attached to an aromatic ring is 1. The first-order chi connectivity index (χ1) is 8.72. The fourth-order valence-electron chi connectivity index (χ4n) is 1.65. The fraction of sp³-hybridized carbons (Fsp3) is 0.143. The Labute approximate surface area is 105 Å². The van der Waals surface area contributed by atoms with Gasteiger partial charge in [-0.2, -0.15) is 0 Å². The molecule has 0 unspecified atom stereocenters. The molecule has 0 saturated carbocycles. The quantitative estimate of drug-likeness (QED) is 0.816. The average Bonchev–Trinajstić information content (AvgIpc) is 2.38. The van der Waals surface area contributed by atoms with Gasteiger partial charge in [0.05, 0.1) is 6.61 Å². The third-order valence-electron chi connectivity index (χ3n) is 2.67. The Morgan fingerprint density at radius 3 is 2.61 bits per heavy atom. The van der Waals surface area contributed by atoms with E-state index in [1.807, 2.05) is 0 Å². The molecule has 0 aliphatic heterocycles. The maximum absolute atomic E-state index is 13.5. The Morgan fingerprint density at radius 1 is 1.11 bits per heavy atom. The van der Waals surface area contributed by atoms with E-state index in [0.717, 1.165) is 0 Å². The smallest absolute Gasteiger partial charge is 0.131 e. The summed E-state index contributed by atoms with van der Waals surface area (Å²) in [7, 11) is 0.